The summed E-state index contributed by atoms with van der Waals surface area (Å²) in [5, 5.41) is 2.10. The highest BCUT2D eigenvalue weighted by molar-refractivity contribution is 6.11. The van der Waals surface area contributed by atoms with E-state index in [0.29, 0.717) is 17.5 Å². The van der Waals surface area contributed by atoms with Gasteiger partial charge in [0.15, 0.2) is 17.5 Å². The lowest BCUT2D eigenvalue weighted by Gasteiger charge is -2.24. The van der Waals surface area contributed by atoms with Gasteiger partial charge in [-0.3, -0.25) is 0 Å². The van der Waals surface area contributed by atoms with E-state index in [-0.39, 0.29) is 10.8 Å². The second kappa shape index (κ2) is 11.4. The van der Waals surface area contributed by atoms with Crippen LogP contribution < -0.4 is 0 Å². The molecule has 0 unspecified atom stereocenters. The van der Waals surface area contributed by atoms with Crippen molar-refractivity contribution in [3.63, 3.8) is 0 Å². The van der Waals surface area contributed by atoms with Gasteiger partial charge in [-0.1, -0.05) is 149 Å². The third kappa shape index (κ3) is 4.61. The Hall–Kier alpha value is -6.65. The van der Waals surface area contributed by atoms with E-state index >= 15 is 0 Å². The first kappa shape index (κ1) is 31.8. The van der Waals surface area contributed by atoms with Gasteiger partial charge in [0.1, 0.15) is 11.2 Å². The van der Waals surface area contributed by atoms with Gasteiger partial charge in [0.05, 0.1) is 5.56 Å². The Balaban J connectivity index is 1.08. The first-order valence-electron chi connectivity index (χ1n) is 19.0. The topological polar surface area (TPSA) is 51.8 Å². The molecule has 0 N–H and O–H groups in total. The van der Waals surface area contributed by atoms with E-state index in [1.807, 2.05) is 66.7 Å². The van der Waals surface area contributed by atoms with Crippen molar-refractivity contribution >= 4 is 21.9 Å². The zero-order chi connectivity index (χ0) is 37.1. The van der Waals surface area contributed by atoms with Crippen LogP contribution in [0.4, 0.5) is 0 Å². The molecule has 11 rings (SSSR count). The average Bonchev–Trinajstić information content (AvgIpc) is 3.80. The lowest BCUT2D eigenvalue weighted by Crippen LogP contribution is -2.16. The van der Waals surface area contributed by atoms with Gasteiger partial charge >= 0.3 is 0 Å². The summed E-state index contributed by atoms with van der Waals surface area (Å²) >= 11 is 0. The van der Waals surface area contributed by atoms with Crippen molar-refractivity contribution < 1.29 is 4.42 Å². The molecule has 2 heterocycles. The van der Waals surface area contributed by atoms with Crippen molar-refractivity contribution in [3.8, 4) is 67.5 Å². The summed E-state index contributed by atoms with van der Waals surface area (Å²) in [6, 6.07) is 53.8. The Morgan fingerprint density at radius 3 is 1.69 bits per heavy atom. The fraction of sp³-hybridized carbons (Fsp3) is 0.118. The Kier molecular flexibility index (Phi) is 6.61. The van der Waals surface area contributed by atoms with Crippen LogP contribution in [0.15, 0.2) is 156 Å². The molecule has 262 valence electrons. The van der Waals surface area contributed by atoms with Gasteiger partial charge in [-0.2, -0.15) is 0 Å². The zero-order valence-electron chi connectivity index (χ0n) is 31.2. The number of nitrogens with zero attached hydrogens (tertiary/aromatic N) is 3. The smallest absolute Gasteiger partial charge is 0.167 e. The molecule has 0 aliphatic heterocycles. The van der Waals surface area contributed by atoms with Gasteiger partial charge in [0.25, 0.3) is 0 Å². The summed E-state index contributed by atoms with van der Waals surface area (Å²) in [5.74, 6) is 1.83. The second-order valence-electron chi connectivity index (χ2n) is 16.0. The third-order valence-corrected chi connectivity index (χ3v) is 12.2. The fourth-order valence-corrected chi connectivity index (χ4v) is 9.29. The molecule has 2 aliphatic carbocycles. The minimum Gasteiger partial charge on any atom is -0.455 e. The summed E-state index contributed by atoms with van der Waals surface area (Å²) in [6.45, 7) is 9.49. The fourth-order valence-electron chi connectivity index (χ4n) is 9.29. The van der Waals surface area contributed by atoms with E-state index in [4.69, 9.17) is 19.4 Å². The van der Waals surface area contributed by atoms with Gasteiger partial charge in [-0.05, 0) is 86.0 Å². The van der Waals surface area contributed by atoms with Gasteiger partial charge in [-0.15, -0.1) is 0 Å². The Labute approximate surface area is 320 Å². The van der Waals surface area contributed by atoms with Gasteiger partial charge < -0.3 is 4.42 Å². The molecule has 0 saturated heterocycles. The van der Waals surface area contributed by atoms with Crippen molar-refractivity contribution in [2.75, 3.05) is 0 Å². The van der Waals surface area contributed by atoms with Crippen LogP contribution in [-0.2, 0) is 10.8 Å². The van der Waals surface area contributed by atoms with E-state index in [1.54, 1.807) is 0 Å². The first-order valence-corrected chi connectivity index (χ1v) is 19.0. The third-order valence-electron chi connectivity index (χ3n) is 12.2. The largest absolute Gasteiger partial charge is 0.455 e. The molecule has 4 nitrogen and oxygen atoms in total. The molecule has 7 aromatic carbocycles. The molecule has 2 aliphatic rings. The molecule has 0 bridgehead atoms. The molecule has 4 heteroatoms. The predicted octanol–water partition coefficient (Wildman–Crippen LogP) is 13.1. The molecule has 9 aromatic rings. The number of rotatable bonds is 4. The van der Waals surface area contributed by atoms with Crippen molar-refractivity contribution in [3.05, 3.63) is 174 Å². The van der Waals surface area contributed by atoms with Crippen LogP contribution in [0.5, 0.6) is 0 Å². The number of para-hydroxylation sites is 1. The summed E-state index contributed by atoms with van der Waals surface area (Å²) in [5.41, 5.74) is 17.5. The van der Waals surface area contributed by atoms with Crippen LogP contribution in [0.2, 0.25) is 0 Å². The Morgan fingerprint density at radius 2 is 0.945 bits per heavy atom. The normalized spacial score (nSPS) is 14.5. The van der Waals surface area contributed by atoms with Crippen molar-refractivity contribution in [1.29, 1.82) is 0 Å². The van der Waals surface area contributed by atoms with Crippen LogP contribution in [0.1, 0.15) is 49.9 Å². The quantitative estimate of drug-likeness (QED) is 0.183. The van der Waals surface area contributed by atoms with Crippen LogP contribution in [-0.4, -0.2) is 15.0 Å². The number of hydrogen-bond donors (Lipinski definition) is 0. The van der Waals surface area contributed by atoms with Crippen LogP contribution >= 0.6 is 0 Å². The highest BCUT2D eigenvalue weighted by atomic mass is 16.3. The number of aromatic nitrogens is 3. The lowest BCUT2D eigenvalue weighted by atomic mass is 9.79. The molecule has 55 heavy (non-hydrogen) atoms. The minimum absolute atomic E-state index is 0.0721. The first-order chi connectivity index (χ1) is 26.8. The molecule has 0 amide bonds. The maximum atomic E-state index is 6.71. The van der Waals surface area contributed by atoms with Crippen LogP contribution in [0, 0.1) is 0 Å². The van der Waals surface area contributed by atoms with Crippen molar-refractivity contribution in [2.45, 2.75) is 38.5 Å². The maximum Gasteiger partial charge on any atom is 0.167 e. The van der Waals surface area contributed by atoms with E-state index < -0.39 is 0 Å². The van der Waals surface area contributed by atoms with Crippen molar-refractivity contribution in [2.24, 2.45) is 0 Å². The Morgan fingerprint density at radius 1 is 0.382 bits per heavy atom. The molecule has 0 spiro atoms. The zero-order valence-corrected chi connectivity index (χ0v) is 31.2. The molecule has 0 radical (unpaired) electrons. The summed E-state index contributed by atoms with van der Waals surface area (Å²) < 4.78 is 6.71. The van der Waals surface area contributed by atoms with Crippen LogP contribution in [0.25, 0.3) is 89.5 Å². The molecule has 0 atom stereocenters. The van der Waals surface area contributed by atoms with Gasteiger partial charge in [0.2, 0.25) is 0 Å². The second-order valence-corrected chi connectivity index (χ2v) is 16.0. The van der Waals surface area contributed by atoms with Gasteiger partial charge in [0, 0.05) is 32.7 Å². The molecule has 2 aromatic heterocycles. The number of benzene rings is 7. The molecular formula is C51H37N3O. The Bertz CT molecular complexity index is 2970. The molecule has 0 saturated carbocycles. The average molecular weight is 708 g/mol. The lowest BCUT2D eigenvalue weighted by molar-refractivity contribution is 0.652. The minimum atomic E-state index is -0.138. The van der Waals surface area contributed by atoms with E-state index in [0.717, 1.165) is 38.6 Å². The predicted molar refractivity (Wildman–Crippen MR) is 224 cm³/mol. The standard InChI is InChI=1S/C51H37N3O/c1-50(2)40-23-12-11-19-34(40)37-28-43-39(29-42(37)50)45-33(20-14-24-41(45)51(43,3)4)32-25-26-44-38(27-32)35-21-13-22-36(46(35)55-44)49-53-47(30-15-7-5-8-16-30)52-48(54-49)31-17-9-6-10-18-31/h5-29H,1-4H3. The molecule has 0 fully saturated rings. The maximum absolute atomic E-state index is 6.71. The van der Waals surface area contributed by atoms with E-state index in [2.05, 4.69) is 113 Å². The highest BCUT2D eigenvalue weighted by Gasteiger charge is 2.42. The van der Waals surface area contributed by atoms with Crippen molar-refractivity contribution in [1.82, 2.24) is 15.0 Å². The summed E-state index contributed by atoms with van der Waals surface area (Å²) in [4.78, 5) is 15.0. The molecular weight excluding hydrogens is 671 g/mol. The van der Waals surface area contributed by atoms with E-state index in [9.17, 15) is 0 Å². The SMILES string of the molecule is CC1(C)c2ccccc2-c2cc3c(cc21)-c1c(-c2ccc4oc5c(-c6nc(-c7ccccc7)nc(-c7ccccc7)n6)cccc5c4c2)cccc1C3(C)C. The number of hydrogen-bond acceptors (Lipinski definition) is 4. The summed E-state index contributed by atoms with van der Waals surface area (Å²) in [6.07, 6.45) is 0. The summed E-state index contributed by atoms with van der Waals surface area (Å²) in [7, 11) is 0. The van der Waals surface area contributed by atoms with Gasteiger partial charge in [-0.25, -0.2) is 15.0 Å². The highest BCUT2D eigenvalue weighted by Crippen LogP contribution is 2.57. The number of furan rings is 1. The monoisotopic (exact) mass is 707 g/mol. The number of fused-ring (bicyclic) bond motifs is 9. The van der Waals surface area contributed by atoms with Crippen LogP contribution in [0.3, 0.4) is 0 Å². The van der Waals surface area contributed by atoms with E-state index in [1.165, 1.54) is 55.6 Å².